The van der Waals surface area contributed by atoms with Gasteiger partial charge in [-0.3, -0.25) is 0 Å². The fourth-order valence-corrected chi connectivity index (χ4v) is 11.0. The van der Waals surface area contributed by atoms with Crippen molar-refractivity contribution in [1.29, 1.82) is 0 Å². The van der Waals surface area contributed by atoms with Crippen molar-refractivity contribution in [3.05, 3.63) is 296 Å². The predicted molar refractivity (Wildman–Crippen MR) is 322 cm³/mol. The molecule has 0 radical (unpaired) electrons. The lowest BCUT2D eigenvalue weighted by Gasteiger charge is -2.26. The van der Waals surface area contributed by atoms with Crippen molar-refractivity contribution in [2.75, 3.05) is 9.80 Å². The number of para-hydroxylation sites is 4. The Kier molecular flexibility index (Phi) is 12.3. The number of hydrogen-bond donors (Lipinski definition) is 0. The van der Waals surface area contributed by atoms with Gasteiger partial charge in [0.1, 0.15) is 0 Å². The summed E-state index contributed by atoms with van der Waals surface area (Å²) in [5.41, 5.74) is 22.0. The van der Waals surface area contributed by atoms with Gasteiger partial charge in [-0.2, -0.15) is 0 Å². The Balaban J connectivity index is 0.861. The smallest absolute Gasteiger partial charge is 0.160 e. The normalized spacial score (nSPS) is 11.2. The van der Waals surface area contributed by atoms with Crippen molar-refractivity contribution in [3.63, 3.8) is 0 Å². The molecule has 0 amide bonds. The highest BCUT2D eigenvalue weighted by Crippen LogP contribution is 2.43. The Morgan fingerprint density at radius 3 is 1.08 bits per heavy atom. The summed E-state index contributed by atoms with van der Waals surface area (Å²) in [6, 6.07) is 102. The van der Waals surface area contributed by atoms with Crippen LogP contribution in [0.4, 0.5) is 34.1 Å². The number of benzene rings is 11. The van der Waals surface area contributed by atoms with Gasteiger partial charge in [0.2, 0.25) is 0 Å². The minimum Gasteiger partial charge on any atom is -0.310 e. The van der Waals surface area contributed by atoms with Gasteiger partial charge in [-0.15, -0.1) is 0 Å². The highest BCUT2D eigenvalue weighted by Gasteiger charge is 2.21. The van der Waals surface area contributed by atoms with Gasteiger partial charge in [-0.05, 0) is 162 Å². The first-order valence-electron chi connectivity index (χ1n) is 26.2. The molecule has 0 atom stereocenters. The SMILES string of the molecule is Cc1cc(-c2cc(-c3ccccc3)nc(-c3ccccc3)n2)cc(C)c1-c1ccc(-c2ccc(-n3c4ccc(N(c5ccccc5)c5ccccc5)cc4c4cc(N(c5ccccc5)c5ccccc5)ccc43)cc2)cc1. The highest BCUT2D eigenvalue weighted by atomic mass is 15.1. The summed E-state index contributed by atoms with van der Waals surface area (Å²) >= 11 is 0. The van der Waals surface area contributed by atoms with Crippen LogP contribution in [0.2, 0.25) is 0 Å². The Morgan fingerprint density at radius 1 is 0.286 bits per heavy atom. The van der Waals surface area contributed by atoms with Crippen LogP contribution in [0.25, 0.3) is 83.6 Å². The minimum absolute atomic E-state index is 0.715. The zero-order chi connectivity index (χ0) is 51.7. The van der Waals surface area contributed by atoms with Crippen LogP contribution >= 0.6 is 0 Å². The second-order valence-corrected chi connectivity index (χ2v) is 19.6. The van der Waals surface area contributed by atoms with Crippen molar-refractivity contribution in [2.45, 2.75) is 13.8 Å². The quantitative estimate of drug-likeness (QED) is 0.122. The number of nitrogens with zero attached hydrogens (tertiary/aromatic N) is 5. The zero-order valence-corrected chi connectivity index (χ0v) is 42.9. The van der Waals surface area contributed by atoms with Gasteiger partial charge in [0.05, 0.1) is 22.4 Å². The molecule has 0 bridgehead atoms. The van der Waals surface area contributed by atoms with Gasteiger partial charge in [-0.1, -0.05) is 170 Å². The number of rotatable bonds is 12. The van der Waals surface area contributed by atoms with Crippen LogP contribution in [0.15, 0.2) is 285 Å². The molecule has 13 rings (SSSR count). The van der Waals surface area contributed by atoms with E-state index in [0.29, 0.717) is 5.82 Å². The van der Waals surface area contributed by atoms with E-state index in [9.17, 15) is 0 Å². The standard InChI is InChI=1S/C72H53N5/c1-50-45-57(68-49-67(54-21-9-3-10-22-54)73-72(74-68)56-23-11-4-12-24-56)46-51(2)71(50)55-35-33-52(34-36-55)53-37-39-62(40-38-53)77-69-43-41-63(75(58-25-13-5-14-26-58)59-27-15-6-16-28-59)47-65(69)66-48-64(42-44-70(66)77)76(60-29-17-7-18-30-60)61-31-19-8-20-32-61/h3-49H,1-2H3. The predicted octanol–water partition coefficient (Wildman–Crippen LogP) is 19.5. The molecule has 2 aromatic heterocycles. The van der Waals surface area contributed by atoms with Gasteiger partial charge in [0.15, 0.2) is 5.82 Å². The van der Waals surface area contributed by atoms with E-state index < -0.39 is 0 Å². The van der Waals surface area contributed by atoms with E-state index in [2.05, 4.69) is 289 Å². The summed E-state index contributed by atoms with van der Waals surface area (Å²) in [5, 5.41) is 2.34. The molecule has 77 heavy (non-hydrogen) atoms. The summed E-state index contributed by atoms with van der Waals surface area (Å²) in [4.78, 5) is 14.8. The first kappa shape index (κ1) is 46.7. The van der Waals surface area contributed by atoms with Gasteiger partial charge >= 0.3 is 0 Å². The average molecular weight is 988 g/mol. The molecule has 0 fully saturated rings. The topological polar surface area (TPSA) is 37.2 Å². The summed E-state index contributed by atoms with van der Waals surface area (Å²) in [5.74, 6) is 0.715. The molecule has 0 saturated heterocycles. The fraction of sp³-hybridized carbons (Fsp3) is 0.0278. The molecule has 5 heteroatoms. The van der Waals surface area contributed by atoms with Crippen LogP contribution in [0.3, 0.4) is 0 Å². The van der Waals surface area contributed by atoms with E-state index >= 15 is 0 Å². The van der Waals surface area contributed by atoms with Crippen LogP contribution in [-0.4, -0.2) is 14.5 Å². The summed E-state index contributed by atoms with van der Waals surface area (Å²) in [6.07, 6.45) is 0. The monoisotopic (exact) mass is 987 g/mol. The van der Waals surface area contributed by atoms with Crippen LogP contribution < -0.4 is 9.80 Å². The van der Waals surface area contributed by atoms with Gasteiger partial charge in [0, 0.05) is 67.3 Å². The van der Waals surface area contributed by atoms with Crippen LogP contribution in [0, 0.1) is 13.8 Å². The average Bonchev–Trinajstić information content (AvgIpc) is 3.94. The molecule has 0 N–H and O–H groups in total. The van der Waals surface area contributed by atoms with Crippen LogP contribution in [0.5, 0.6) is 0 Å². The molecule has 0 aliphatic heterocycles. The maximum absolute atomic E-state index is 5.13. The second kappa shape index (κ2) is 20.3. The first-order chi connectivity index (χ1) is 38.0. The molecule has 0 saturated carbocycles. The molecule has 0 aliphatic rings. The molecular formula is C72H53N5. The molecule has 5 nitrogen and oxygen atoms in total. The van der Waals surface area contributed by atoms with E-state index in [1.807, 2.05) is 24.3 Å². The van der Waals surface area contributed by atoms with E-state index in [4.69, 9.17) is 9.97 Å². The summed E-state index contributed by atoms with van der Waals surface area (Å²) in [7, 11) is 0. The van der Waals surface area contributed by atoms with Crippen LogP contribution in [-0.2, 0) is 0 Å². The second-order valence-electron chi connectivity index (χ2n) is 19.6. The number of anilines is 6. The Morgan fingerprint density at radius 2 is 0.649 bits per heavy atom. The first-order valence-corrected chi connectivity index (χ1v) is 26.2. The van der Waals surface area contributed by atoms with Crippen molar-refractivity contribution < 1.29 is 0 Å². The number of aryl methyl sites for hydroxylation is 2. The lowest BCUT2D eigenvalue weighted by atomic mass is 9.91. The minimum atomic E-state index is 0.715. The Labute approximate surface area is 449 Å². The van der Waals surface area contributed by atoms with Gasteiger partial charge in [-0.25, -0.2) is 9.97 Å². The zero-order valence-electron chi connectivity index (χ0n) is 42.9. The Bertz CT molecular complexity index is 3880. The molecule has 2 heterocycles. The Hall–Kier alpha value is -10.1. The van der Waals surface area contributed by atoms with Crippen molar-refractivity contribution in [3.8, 4) is 61.8 Å². The third kappa shape index (κ3) is 9.11. The molecule has 0 unspecified atom stereocenters. The number of hydrogen-bond acceptors (Lipinski definition) is 4. The van der Waals surface area contributed by atoms with E-state index in [1.54, 1.807) is 0 Å². The van der Waals surface area contributed by atoms with Crippen molar-refractivity contribution in [1.82, 2.24) is 14.5 Å². The molecule has 13 aromatic rings. The lowest BCUT2D eigenvalue weighted by Crippen LogP contribution is -2.09. The number of fused-ring (bicyclic) bond motifs is 3. The van der Waals surface area contributed by atoms with E-state index in [1.165, 1.54) is 33.0 Å². The highest BCUT2D eigenvalue weighted by molar-refractivity contribution is 6.12. The summed E-state index contributed by atoms with van der Waals surface area (Å²) in [6.45, 7) is 4.41. The summed E-state index contributed by atoms with van der Waals surface area (Å²) < 4.78 is 2.41. The molecular weight excluding hydrogens is 935 g/mol. The van der Waals surface area contributed by atoms with Gasteiger partial charge in [0.25, 0.3) is 0 Å². The van der Waals surface area contributed by atoms with Crippen LogP contribution in [0.1, 0.15) is 11.1 Å². The van der Waals surface area contributed by atoms with E-state index in [-0.39, 0.29) is 0 Å². The van der Waals surface area contributed by atoms with Gasteiger partial charge < -0.3 is 14.4 Å². The third-order valence-corrected chi connectivity index (χ3v) is 14.6. The molecule has 11 aromatic carbocycles. The van der Waals surface area contributed by atoms with E-state index in [0.717, 1.165) is 90.1 Å². The largest absolute Gasteiger partial charge is 0.310 e. The molecule has 0 aliphatic carbocycles. The molecule has 366 valence electrons. The van der Waals surface area contributed by atoms with Crippen molar-refractivity contribution in [2.24, 2.45) is 0 Å². The van der Waals surface area contributed by atoms with Crippen molar-refractivity contribution >= 4 is 55.9 Å². The maximum Gasteiger partial charge on any atom is 0.160 e. The molecule has 0 spiro atoms. The number of aromatic nitrogens is 3. The lowest BCUT2D eigenvalue weighted by molar-refractivity contribution is 1.18. The maximum atomic E-state index is 5.13. The fourth-order valence-electron chi connectivity index (χ4n) is 11.0. The third-order valence-electron chi connectivity index (χ3n) is 14.6.